The van der Waals surface area contributed by atoms with Gasteiger partial charge in [0.25, 0.3) is 5.91 Å². The standard InChI is InChI=1S/C29H27F3N8O/c1-19-36-25(16-27(37-19)40-12-10-33-11-13-40)39-26-18-34-24(17-35-26)9-8-20-4-2-5-21(14-20)28(41)38-23-7-3-6-22(15-23)29(30,31)32/h2-9,14-18,33H,10-13H2,1H3,(H,38,41)(H,35,36,37,39)/b9-8+. The van der Waals surface area contributed by atoms with E-state index >= 15 is 0 Å². The molecule has 0 atom stereocenters. The van der Waals surface area contributed by atoms with Crippen LogP contribution in [0.2, 0.25) is 0 Å². The van der Waals surface area contributed by atoms with Crippen LogP contribution in [0.1, 0.15) is 33.0 Å². The third-order valence-corrected chi connectivity index (χ3v) is 6.24. The molecule has 1 saturated heterocycles. The fourth-order valence-electron chi connectivity index (χ4n) is 4.23. The van der Waals surface area contributed by atoms with Crippen LogP contribution in [0.15, 0.2) is 67.0 Å². The molecule has 5 rings (SSSR count). The van der Waals surface area contributed by atoms with Gasteiger partial charge in [-0.1, -0.05) is 24.3 Å². The SMILES string of the molecule is Cc1nc(Nc2cnc(/C=C/c3cccc(C(=O)Nc4cccc(C(F)(F)F)c4)c3)cn2)cc(N2CCNCC2)n1. The van der Waals surface area contributed by atoms with Crippen LogP contribution in [0, 0.1) is 6.92 Å². The average Bonchev–Trinajstić information content (AvgIpc) is 2.97. The van der Waals surface area contributed by atoms with Gasteiger partial charge in [-0.2, -0.15) is 13.2 Å². The molecule has 0 saturated carbocycles. The maximum Gasteiger partial charge on any atom is 0.416 e. The number of amides is 1. The van der Waals surface area contributed by atoms with E-state index in [1.54, 1.807) is 48.8 Å². The van der Waals surface area contributed by atoms with E-state index in [9.17, 15) is 18.0 Å². The van der Waals surface area contributed by atoms with Crippen molar-refractivity contribution in [3.05, 3.63) is 95.2 Å². The first kappa shape index (κ1) is 27.7. The van der Waals surface area contributed by atoms with E-state index in [0.717, 1.165) is 44.1 Å². The Hall–Kier alpha value is -4.84. The summed E-state index contributed by atoms with van der Waals surface area (Å²) in [6, 6.07) is 13.1. The van der Waals surface area contributed by atoms with E-state index in [0.29, 0.717) is 34.3 Å². The van der Waals surface area contributed by atoms with Gasteiger partial charge >= 0.3 is 6.18 Å². The molecule has 0 radical (unpaired) electrons. The van der Waals surface area contributed by atoms with Crippen molar-refractivity contribution in [2.45, 2.75) is 13.1 Å². The molecule has 1 aliphatic heterocycles. The molecule has 2 aromatic carbocycles. The minimum Gasteiger partial charge on any atom is -0.354 e. The molecule has 0 spiro atoms. The second-order valence-corrected chi connectivity index (χ2v) is 9.34. The van der Waals surface area contributed by atoms with Gasteiger partial charge in [-0.25, -0.2) is 15.0 Å². The number of carbonyl (C=O) groups excluding carboxylic acids is 1. The molecule has 4 aromatic rings. The molecule has 0 unspecified atom stereocenters. The van der Waals surface area contributed by atoms with Crippen molar-refractivity contribution >= 4 is 41.2 Å². The summed E-state index contributed by atoms with van der Waals surface area (Å²) < 4.78 is 38.9. The number of piperazine rings is 1. The number of rotatable bonds is 7. The van der Waals surface area contributed by atoms with Gasteiger partial charge in [-0.05, 0) is 48.9 Å². The lowest BCUT2D eigenvalue weighted by molar-refractivity contribution is -0.137. The van der Waals surface area contributed by atoms with Crippen LogP contribution in [0.4, 0.5) is 36.3 Å². The van der Waals surface area contributed by atoms with Crippen LogP contribution < -0.4 is 20.9 Å². The van der Waals surface area contributed by atoms with Gasteiger partial charge in [0.15, 0.2) is 0 Å². The van der Waals surface area contributed by atoms with Gasteiger partial charge < -0.3 is 20.9 Å². The second kappa shape index (κ2) is 12.1. The number of aryl methyl sites for hydroxylation is 1. The first-order chi connectivity index (χ1) is 19.7. The fraction of sp³-hybridized carbons (Fsp3) is 0.207. The number of aromatic nitrogens is 4. The zero-order valence-electron chi connectivity index (χ0n) is 22.1. The Kier molecular flexibility index (Phi) is 8.20. The number of halogens is 3. The smallest absolute Gasteiger partial charge is 0.354 e. The first-order valence-corrected chi connectivity index (χ1v) is 12.9. The second-order valence-electron chi connectivity index (χ2n) is 9.34. The van der Waals surface area contributed by atoms with Crippen molar-refractivity contribution in [3.8, 4) is 0 Å². The quantitative estimate of drug-likeness (QED) is 0.284. The zero-order chi connectivity index (χ0) is 28.8. The van der Waals surface area contributed by atoms with Gasteiger partial charge in [0, 0.05) is 43.5 Å². The lowest BCUT2D eigenvalue weighted by Crippen LogP contribution is -2.44. The molecule has 210 valence electrons. The molecular formula is C29H27F3N8O. The molecule has 1 fully saturated rings. The zero-order valence-corrected chi connectivity index (χ0v) is 22.1. The number of hydrogen-bond donors (Lipinski definition) is 3. The maximum absolute atomic E-state index is 13.0. The summed E-state index contributed by atoms with van der Waals surface area (Å²) >= 11 is 0. The number of nitrogens with one attached hydrogen (secondary N) is 3. The Bertz CT molecular complexity index is 1550. The van der Waals surface area contributed by atoms with E-state index in [4.69, 9.17) is 0 Å². The normalized spacial score (nSPS) is 13.8. The molecular weight excluding hydrogens is 533 g/mol. The Morgan fingerprint density at radius 2 is 1.76 bits per heavy atom. The summed E-state index contributed by atoms with van der Waals surface area (Å²) in [7, 11) is 0. The first-order valence-electron chi connectivity index (χ1n) is 12.9. The summed E-state index contributed by atoms with van der Waals surface area (Å²) in [5.74, 6) is 2.15. The Balaban J connectivity index is 1.22. The molecule has 3 heterocycles. The van der Waals surface area contributed by atoms with E-state index in [2.05, 4.69) is 40.8 Å². The highest BCUT2D eigenvalue weighted by atomic mass is 19.4. The number of alkyl halides is 3. The largest absolute Gasteiger partial charge is 0.416 e. The van der Waals surface area contributed by atoms with E-state index < -0.39 is 17.6 Å². The highest BCUT2D eigenvalue weighted by Crippen LogP contribution is 2.30. The third-order valence-electron chi connectivity index (χ3n) is 6.24. The Morgan fingerprint density at radius 3 is 2.51 bits per heavy atom. The topological polar surface area (TPSA) is 108 Å². The summed E-state index contributed by atoms with van der Waals surface area (Å²) in [4.78, 5) is 32.7. The van der Waals surface area contributed by atoms with E-state index in [-0.39, 0.29) is 5.69 Å². The van der Waals surface area contributed by atoms with Gasteiger partial charge in [-0.15, -0.1) is 0 Å². The van der Waals surface area contributed by atoms with Crippen LogP contribution in [0.3, 0.4) is 0 Å². The summed E-state index contributed by atoms with van der Waals surface area (Å²) in [5, 5.41) is 9.02. The predicted octanol–water partition coefficient (Wildman–Crippen LogP) is 5.17. The maximum atomic E-state index is 13.0. The monoisotopic (exact) mass is 560 g/mol. The number of benzene rings is 2. The Morgan fingerprint density at radius 1 is 0.951 bits per heavy atom. The molecule has 0 aliphatic carbocycles. The van der Waals surface area contributed by atoms with Crippen LogP contribution >= 0.6 is 0 Å². The lowest BCUT2D eigenvalue weighted by Gasteiger charge is -2.28. The number of nitrogens with zero attached hydrogens (tertiary/aromatic N) is 5. The molecule has 1 aliphatic rings. The average molecular weight is 561 g/mol. The van der Waals surface area contributed by atoms with Crippen molar-refractivity contribution in [1.29, 1.82) is 0 Å². The van der Waals surface area contributed by atoms with Gasteiger partial charge in [0.05, 0.1) is 23.7 Å². The van der Waals surface area contributed by atoms with Crippen LogP contribution in [0.25, 0.3) is 12.2 Å². The van der Waals surface area contributed by atoms with Gasteiger partial charge in [0.1, 0.15) is 23.3 Å². The number of hydrogen-bond acceptors (Lipinski definition) is 8. The number of carbonyl (C=O) groups is 1. The minimum absolute atomic E-state index is 0.0619. The predicted molar refractivity (Wildman–Crippen MR) is 152 cm³/mol. The van der Waals surface area contributed by atoms with Crippen molar-refractivity contribution in [2.24, 2.45) is 0 Å². The Labute approximate surface area is 234 Å². The van der Waals surface area contributed by atoms with Gasteiger partial charge in [-0.3, -0.25) is 9.78 Å². The van der Waals surface area contributed by atoms with Crippen molar-refractivity contribution in [3.63, 3.8) is 0 Å². The molecule has 41 heavy (non-hydrogen) atoms. The van der Waals surface area contributed by atoms with Crippen LogP contribution in [0.5, 0.6) is 0 Å². The van der Waals surface area contributed by atoms with Crippen molar-refractivity contribution < 1.29 is 18.0 Å². The van der Waals surface area contributed by atoms with Crippen LogP contribution in [-0.4, -0.2) is 52.0 Å². The molecule has 1 amide bonds. The summed E-state index contributed by atoms with van der Waals surface area (Å²) in [6.45, 7) is 5.41. The lowest BCUT2D eigenvalue weighted by atomic mass is 10.1. The highest BCUT2D eigenvalue weighted by molar-refractivity contribution is 6.04. The van der Waals surface area contributed by atoms with E-state index in [1.807, 2.05) is 13.0 Å². The van der Waals surface area contributed by atoms with Gasteiger partial charge in [0.2, 0.25) is 0 Å². The molecule has 0 bridgehead atoms. The minimum atomic E-state index is -4.49. The highest BCUT2D eigenvalue weighted by Gasteiger charge is 2.30. The summed E-state index contributed by atoms with van der Waals surface area (Å²) in [5.41, 5.74) is 0.834. The molecule has 12 heteroatoms. The van der Waals surface area contributed by atoms with Crippen molar-refractivity contribution in [2.75, 3.05) is 41.7 Å². The fourth-order valence-corrected chi connectivity index (χ4v) is 4.23. The molecule has 9 nitrogen and oxygen atoms in total. The third kappa shape index (κ3) is 7.42. The molecule has 2 aromatic heterocycles. The van der Waals surface area contributed by atoms with Crippen LogP contribution in [-0.2, 0) is 6.18 Å². The van der Waals surface area contributed by atoms with E-state index in [1.165, 1.54) is 12.1 Å². The van der Waals surface area contributed by atoms with Crippen molar-refractivity contribution in [1.82, 2.24) is 25.3 Å². The molecule has 3 N–H and O–H groups in total. The summed E-state index contributed by atoms with van der Waals surface area (Å²) in [6.07, 6.45) is 2.23. The number of anilines is 4.